The lowest BCUT2D eigenvalue weighted by molar-refractivity contribution is -0.175. The van der Waals surface area contributed by atoms with Crippen molar-refractivity contribution < 1.29 is 28.5 Å². The van der Waals surface area contributed by atoms with Gasteiger partial charge in [0.1, 0.15) is 0 Å². The lowest BCUT2D eigenvalue weighted by Gasteiger charge is -2.31. The summed E-state index contributed by atoms with van der Waals surface area (Å²) < 4.78 is 23.6. The lowest BCUT2D eigenvalue weighted by Crippen LogP contribution is -2.38. The molecule has 1 saturated carbocycles. The summed E-state index contributed by atoms with van der Waals surface area (Å²) >= 11 is 12.2. The first-order valence-electron chi connectivity index (χ1n) is 12.6. The number of ether oxygens (including phenoxy) is 2. The summed E-state index contributed by atoms with van der Waals surface area (Å²) in [5, 5.41) is 0.752. The van der Waals surface area contributed by atoms with Crippen molar-refractivity contribution in [1.29, 1.82) is 0 Å². The molecule has 1 aliphatic carbocycles. The van der Waals surface area contributed by atoms with Crippen LogP contribution in [-0.2, 0) is 18.8 Å². The molecule has 7 nitrogen and oxygen atoms in total. The van der Waals surface area contributed by atoms with Gasteiger partial charge in [0.05, 0.1) is 21.5 Å². The molecule has 3 atom stereocenters. The van der Waals surface area contributed by atoms with Gasteiger partial charge in [-0.05, 0) is 70.6 Å². The van der Waals surface area contributed by atoms with Crippen LogP contribution in [0, 0.1) is 11.3 Å². The minimum absolute atomic E-state index is 0.121. The van der Waals surface area contributed by atoms with Crippen molar-refractivity contribution in [3.8, 4) is 0 Å². The third kappa shape index (κ3) is 9.89. The van der Waals surface area contributed by atoms with Crippen molar-refractivity contribution in [3.63, 3.8) is 0 Å². The van der Waals surface area contributed by atoms with E-state index in [9.17, 15) is 19.0 Å². The van der Waals surface area contributed by atoms with Gasteiger partial charge in [-0.1, -0.05) is 48.5 Å². The topological polar surface area (TPSA) is 93.1 Å². The minimum Gasteiger partial charge on any atom is -0.425 e. The molecule has 2 rings (SSSR count). The molecule has 1 N–H and O–H groups in total. The van der Waals surface area contributed by atoms with Crippen LogP contribution in [0.25, 0.3) is 0 Å². The van der Waals surface area contributed by atoms with Gasteiger partial charge < -0.3 is 19.3 Å². The maximum Gasteiger partial charge on any atom is 0.413 e. The molecule has 0 saturated heterocycles. The van der Waals surface area contributed by atoms with Gasteiger partial charge in [0, 0.05) is 25.8 Å². The van der Waals surface area contributed by atoms with Gasteiger partial charge in [-0.2, -0.15) is 0 Å². The molecule has 0 spiro atoms. The Morgan fingerprint density at radius 3 is 2.33 bits per heavy atom. The number of esters is 1. The Bertz CT molecular complexity index is 945. The van der Waals surface area contributed by atoms with Gasteiger partial charge in [-0.3, -0.25) is 9.36 Å². The van der Waals surface area contributed by atoms with E-state index in [0.717, 1.165) is 31.2 Å². The highest BCUT2D eigenvalue weighted by Gasteiger charge is 2.30. The number of rotatable bonds is 10. The molecule has 0 aliphatic heterocycles. The number of hydrogen-bond donors (Lipinski definition) is 1. The molecule has 0 bridgehead atoms. The van der Waals surface area contributed by atoms with E-state index in [1.165, 1.54) is 18.2 Å². The third-order valence-electron chi connectivity index (χ3n) is 6.45. The molecule has 204 valence electrons. The number of carbonyl (C=O) groups is 2. The zero-order chi connectivity index (χ0) is 27.1. The van der Waals surface area contributed by atoms with Gasteiger partial charge >= 0.3 is 12.1 Å². The Hall–Kier alpha value is -1.27. The number of carbonyl (C=O) groups excluding carboxylic acids is 2. The Labute approximate surface area is 225 Å². The van der Waals surface area contributed by atoms with Crippen LogP contribution < -0.4 is 0 Å². The molecular formula is C26H40Cl2NO6P. The first-order valence-corrected chi connectivity index (χ1v) is 15.4. The summed E-state index contributed by atoms with van der Waals surface area (Å²) in [6.45, 7) is 8.62. The smallest absolute Gasteiger partial charge is 0.413 e. The minimum atomic E-state index is -3.32. The monoisotopic (exact) mass is 563 g/mol. The van der Waals surface area contributed by atoms with E-state index < -0.39 is 37.2 Å². The van der Waals surface area contributed by atoms with E-state index in [4.69, 9.17) is 32.7 Å². The van der Waals surface area contributed by atoms with E-state index in [1.807, 2.05) is 6.92 Å². The average Bonchev–Trinajstić information content (AvgIpc) is 2.77. The van der Waals surface area contributed by atoms with Crippen LogP contribution in [0.4, 0.5) is 4.79 Å². The van der Waals surface area contributed by atoms with Gasteiger partial charge in [-0.25, -0.2) is 4.79 Å². The van der Waals surface area contributed by atoms with Crippen LogP contribution >= 0.6 is 30.6 Å². The predicted molar refractivity (Wildman–Crippen MR) is 144 cm³/mol. The van der Waals surface area contributed by atoms with Crippen molar-refractivity contribution >= 4 is 42.6 Å². The van der Waals surface area contributed by atoms with E-state index in [-0.39, 0.29) is 12.7 Å². The number of nitrogens with zero attached hydrogens (tertiary/aromatic N) is 1. The number of amides is 1. The standard InChI is InChI=1S/C26H40Cl2NO6P/c1-18(21-12-13-22(27)23(28)16-21)29(25(31)35-19(2)34-24(30)26(3,4)5)14-9-15-36(32,33)17-20-10-7-6-8-11-20/h12-13,16,18-20H,6-11,14-15,17H2,1-5H3,(H,32,33)/t18-,19?/m0/s1. The van der Waals surface area contributed by atoms with Crippen molar-refractivity contribution in [1.82, 2.24) is 4.90 Å². The average molecular weight is 564 g/mol. The normalized spacial score (nSPS) is 18.1. The van der Waals surface area contributed by atoms with E-state index in [1.54, 1.807) is 39.0 Å². The predicted octanol–water partition coefficient (Wildman–Crippen LogP) is 7.67. The van der Waals surface area contributed by atoms with Gasteiger partial charge in [0.15, 0.2) is 0 Å². The number of hydrogen-bond acceptors (Lipinski definition) is 5. The molecule has 1 aliphatic rings. The van der Waals surface area contributed by atoms with E-state index in [2.05, 4.69) is 0 Å². The van der Waals surface area contributed by atoms with Crippen molar-refractivity contribution in [2.45, 2.75) is 85.5 Å². The molecule has 10 heteroatoms. The zero-order valence-electron chi connectivity index (χ0n) is 22.0. The van der Waals surface area contributed by atoms with Crippen LogP contribution in [0.1, 0.15) is 84.7 Å². The van der Waals surface area contributed by atoms with Crippen molar-refractivity contribution in [3.05, 3.63) is 33.8 Å². The highest BCUT2D eigenvalue weighted by atomic mass is 35.5. The second-order valence-corrected chi connectivity index (χ2v) is 14.1. The highest BCUT2D eigenvalue weighted by molar-refractivity contribution is 7.58. The Balaban J connectivity index is 2.09. The van der Waals surface area contributed by atoms with Crippen LogP contribution in [0.15, 0.2) is 18.2 Å². The van der Waals surface area contributed by atoms with E-state index in [0.29, 0.717) is 28.5 Å². The fraction of sp³-hybridized carbons (Fsp3) is 0.692. The van der Waals surface area contributed by atoms with Gasteiger partial charge in [0.2, 0.25) is 13.7 Å². The maximum absolute atomic E-state index is 13.1. The highest BCUT2D eigenvalue weighted by Crippen LogP contribution is 2.46. The molecule has 1 aromatic rings. The second-order valence-electron chi connectivity index (χ2n) is 10.8. The SMILES string of the molecule is CC(OC(=O)N(CCCP(=O)(O)CC1CCCCC1)[C@@H](C)c1ccc(Cl)c(Cl)c1)OC(=O)C(C)(C)C. The Morgan fingerprint density at radius 2 is 1.75 bits per heavy atom. The first kappa shape index (κ1) is 31.0. The summed E-state index contributed by atoms with van der Waals surface area (Å²) in [6, 6.07) is 4.63. The number of benzene rings is 1. The third-order valence-corrected chi connectivity index (χ3v) is 9.30. The fourth-order valence-corrected chi connectivity index (χ4v) is 6.61. The quantitative estimate of drug-likeness (QED) is 0.178. The first-order chi connectivity index (χ1) is 16.7. The molecule has 1 amide bonds. The van der Waals surface area contributed by atoms with Crippen molar-refractivity contribution in [2.24, 2.45) is 11.3 Å². The van der Waals surface area contributed by atoms with E-state index >= 15 is 0 Å². The second kappa shape index (κ2) is 13.5. The molecule has 0 aromatic heterocycles. The Morgan fingerprint density at radius 1 is 1.11 bits per heavy atom. The summed E-state index contributed by atoms with van der Waals surface area (Å²) in [5.74, 6) is -0.194. The van der Waals surface area contributed by atoms with Crippen LogP contribution in [0.5, 0.6) is 0 Å². The fourth-order valence-electron chi connectivity index (χ4n) is 4.31. The maximum atomic E-state index is 13.1. The lowest BCUT2D eigenvalue weighted by atomic mass is 9.91. The number of halogens is 2. The van der Waals surface area contributed by atoms with Crippen LogP contribution in [-0.4, -0.2) is 47.0 Å². The summed E-state index contributed by atoms with van der Waals surface area (Å²) in [4.78, 5) is 37.4. The van der Waals surface area contributed by atoms with Crippen molar-refractivity contribution in [2.75, 3.05) is 18.9 Å². The summed E-state index contributed by atoms with van der Waals surface area (Å²) in [5.41, 5.74) is -0.0102. The Kier molecular flexibility index (Phi) is 11.6. The van der Waals surface area contributed by atoms with Crippen LogP contribution in [0.3, 0.4) is 0 Å². The largest absolute Gasteiger partial charge is 0.425 e. The molecular weight excluding hydrogens is 524 g/mol. The molecule has 1 aromatic carbocycles. The molecule has 0 heterocycles. The van der Waals surface area contributed by atoms with Crippen LogP contribution in [0.2, 0.25) is 10.0 Å². The molecule has 0 radical (unpaired) electrons. The van der Waals surface area contributed by atoms with Gasteiger partial charge in [0.25, 0.3) is 0 Å². The molecule has 36 heavy (non-hydrogen) atoms. The summed E-state index contributed by atoms with van der Waals surface area (Å²) in [7, 11) is -3.32. The zero-order valence-corrected chi connectivity index (χ0v) is 24.4. The molecule has 2 unspecified atom stereocenters. The summed E-state index contributed by atoms with van der Waals surface area (Å²) in [6.07, 6.45) is 4.43. The molecule has 1 fully saturated rings. The van der Waals surface area contributed by atoms with Gasteiger partial charge in [-0.15, -0.1) is 0 Å².